The first-order chi connectivity index (χ1) is 18.3. The second-order valence-electron chi connectivity index (χ2n) is 8.96. The summed E-state index contributed by atoms with van der Waals surface area (Å²) in [6, 6.07) is 16.3. The lowest BCUT2D eigenvalue weighted by atomic mass is 9.99. The highest BCUT2D eigenvalue weighted by molar-refractivity contribution is 6.03. The molecule has 9 heteroatoms. The van der Waals surface area contributed by atoms with E-state index in [1.807, 2.05) is 18.2 Å². The topological polar surface area (TPSA) is 102 Å². The van der Waals surface area contributed by atoms with Crippen LogP contribution in [0.4, 0.5) is 19.3 Å². The van der Waals surface area contributed by atoms with Gasteiger partial charge in [-0.25, -0.2) is 13.6 Å². The van der Waals surface area contributed by atoms with Crippen molar-refractivity contribution in [1.82, 2.24) is 16.0 Å². The van der Waals surface area contributed by atoms with E-state index < -0.39 is 35.7 Å². The largest absolute Gasteiger partial charge is 0.390 e. The van der Waals surface area contributed by atoms with Crippen molar-refractivity contribution in [1.29, 1.82) is 0 Å². The van der Waals surface area contributed by atoms with Gasteiger partial charge in [-0.15, -0.1) is 0 Å². The molecule has 0 bridgehead atoms. The molecule has 3 amide bonds. The molecule has 2 unspecified atom stereocenters. The number of hydrogen-bond donors (Lipinski definition) is 5. The Kier molecular flexibility index (Phi) is 10.7. The molecule has 0 spiro atoms. The Bertz CT molecular complexity index is 1220. The minimum Gasteiger partial charge on any atom is -0.390 e. The molecule has 0 heterocycles. The van der Waals surface area contributed by atoms with Gasteiger partial charge in [0.15, 0.2) is 0 Å². The SMILES string of the molecule is CCNC(=O)Nc1ccccc1C(=O)NC(Cc1cc(F)cc(F)c1)C(O)CNCc1cccc(CC)c1. The summed E-state index contributed by atoms with van der Waals surface area (Å²) in [5.41, 5.74) is 3.01. The van der Waals surface area contributed by atoms with Gasteiger partial charge < -0.3 is 26.4 Å². The maximum Gasteiger partial charge on any atom is 0.319 e. The van der Waals surface area contributed by atoms with E-state index in [1.54, 1.807) is 31.2 Å². The van der Waals surface area contributed by atoms with Gasteiger partial charge in [-0.2, -0.15) is 0 Å². The van der Waals surface area contributed by atoms with Crippen LogP contribution in [0, 0.1) is 11.6 Å². The van der Waals surface area contributed by atoms with Crippen LogP contribution in [0.25, 0.3) is 0 Å². The Morgan fingerprint density at radius 1 is 0.895 bits per heavy atom. The first-order valence-corrected chi connectivity index (χ1v) is 12.6. The van der Waals surface area contributed by atoms with Crippen molar-refractivity contribution >= 4 is 17.6 Å². The van der Waals surface area contributed by atoms with E-state index in [2.05, 4.69) is 34.3 Å². The van der Waals surface area contributed by atoms with Gasteiger partial charge in [0, 0.05) is 25.7 Å². The molecule has 3 aromatic carbocycles. The van der Waals surface area contributed by atoms with Crippen LogP contribution in [0.5, 0.6) is 0 Å². The molecule has 0 saturated heterocycles. The van der Waals surface area contributed by atoms with Crippen LogP contribution in [0.3, 0.4) is 0 Å². The molecule has 0 saturated carbocycles. The van der Waals surface area contributed by atoms with Crippen molar-refractivity contribution in [3.8, 4) is 0 Å². The number of nitrogens with one attached hydrogen (secondary N) is 4. The third-order valence-electron chi connectivity index (χ3n) is 6.00. The van der Waals surface area contributed by atoms with Gasteiger partial charge >= 0.3 is 6.03 Å². The zero-order valence-electron chi connectivity index (χ0n) is 21.6. The molecule has 202 valence electrons. The summed E-state index contributed by atoms with van der Waals surface area (Å²) in [5, 5.41) is 22.2. The Hall–Kier alpha value is -3.82. The number of aryl methyl sites for hydroxylation is 1. The number of halogens is 2. The van der Waals surface area contributed by atoms with E-state index in [9.17, 15) is 23.5 Å². The van der Waals surface area contributed by atoms with Gasteiger partial charge in [0.2, 0.25) is 0 Å². The average molecular weight is 525 g/mol. The van der Waals surface area contributed by atoms with E-state index in [0.717, 1.165) is 18.1 Å². The fraction of sp³-hybridized carbons (Fsp3) is 0.310. The molecule has 3 rings (SSSR count). The normalized spacial score (nSPS) is 12.4. The maximum atomic E-state index is 13.8. The smallest absolute Gasteiger partial charge is 0.319 e. The van der Waals surface area contributed by atoms with Crippen molar-refractivity contribution in [2.24, 2.45) is 0 Å². The maximum absolute atomic E-state index is 13.8. The second kappa shape index (κ2) is 14.2. The number of carbonyl (C=O) groups excluding carboxylic acids is 2. The number of anilines is 1. The predicted octanol–water partition coefficient (Wildman–Crippen LogP) is 4.16. The highest BCUT2D eigenvalue weighted by atomic mass is 19.1. The Morgan fingerprint density at radius 3 is 2.32 bits per heavy atom. The number of carbonyl (C=O) groups is 2. The number of aliphatic hydroxyl groups excluding tert-OH is 1. The predicted molar refractivity (Wildman–Crippen MR) is 144 cm³/mol. The monoisotopic (exact) mass is 524 g/mol. The third kappa shape index (κ3) is 8.64. The molecule has 0 aliphatic carbocycles. The van der Waals surface area contributed by atoms with Crippen molar-refractivity contribution in [3.05, 3.63) is 101 Å². The lowest BCUT2D eigenvalue weighted by Crippen LogP contribution is -2.48. The van der Waals surface area contributed by atoms with E-state index in [4.69, 9.17) is 0 Å². The van der Waals surface area contributed by atoms with Gasteiger partial charge in [-0.3, -0.25) is 4.79 Å². The van der Waals surface area contributed by atoms with E-state index in [1.165, 1.54) is 17.7 Å². The fourth-order valence-corrected chi connectivity index (χ4v) is 4.10. The summed E-state index contributed by atoms with van der Waals surface area (Å²) >= 11 is 0. The van der Waals surface area contributed by atoms with Crippen LogP contribution in [-0.2, 0) is 19.4 Å². The van der Waals surface area contributed by atoms with Gasteiger partial charge in [-0.1, -0.05) is 43.3 Å². The standard InChI is InChI=1S/C29H34F2N4O3/c1-3-19-8-7-9-20(12-19)17-32-18-27(36)26(15-21-13-22(30)16-23(31)14-21)34-28(37)24-10-5-6-11-25(24)35-29(38)33-4-2/h5-14,16,26-27,32,36H,3-4,15,17-18H2,1-2H3,(H,34,37)(H2,33,35,38). The van der Waals surface area contributed by atoms with Gasteiger partial charge in [0.1, 0.15) is 11.6 Å². The van der Waals surface area contributed by atoms with Crippen molar-refractivity contribution in [3.63, 3.8) is 0 Å². The first-order valence-electron chi connectivity index (χ1n) is 12.6. The summed E-state index contributed by atoms with van der Waals surface area (Å²) in [4.78, 5) is 25.3. The molecule has 3 aromatic rings. The molecule has 0 fully saturated rings. The first kappa shape index (κ1) is 28.7. The highest BCUT2D eigenvalue weighted by Crippen LogP contribution is 2.17. The minimum atomic E-state index is -1.08. The number of para-hydroxylation sites is 1. The zero-order valence-corrected chi connectivity index (χ0v) is 21.6. The van der Waals surface area contributed by atoms with Crippen LogP contribution in [0.2, 0.25) is 0 Å². The molecule has 0 aromatic heterocycles. The van der Waals surface area contributed by atoms with Crippen LogP contribution in [-0.4, -0.2) is 42.3 Å². The van der Waals surface area contributed by atoms with Gasteiger partial charge in [-0.05, 0) is 60.7 Å². The quantitative estimate of drug-likeness (QED) is 0.246. The van der Waals surface area contributed by atoms with Gasteiger partial charge in [0.25, 0.3) is 5.91 Å². The van der Waals surface area contributed by atoms with Crippen LogP contribution in [0.15, 0.2) is 66.7 Å². The lowest BCUT2D eigenvalue weighted by molar-refractivity contribution is 0.0830. The Labute approximate surface area is 221 Å². The molecule has 38 heavy (non-hydrogen) atoms. The molecule has 5 N–H and O–H groups in total. The number of benzene rings is 3. The number of amides is 3. The molecule has 2 atom stereocenters. The molecule has 0 radical (unpaired) electrons. The molecule has 0 aliphatic heterocycles. The highest BCUT2D eigenvalue weighted by Gasteiger charge is 2.24. The third-order valence-corrected chi connectivity index (χ3v) is 6.00. The molecule has 0 aliphatic rings. The summed E-state index contributed by atoms with van der Waals surface area (Å²) in [5.74, 6) is -2.04. The van der Waals surface area contributed by atoms with Crippen LogP contribution in [0.1, 0.15) is 40.9 Å². The molecule has 7 nitrogen and oxygen atoms in total. The van der Waals surface area contributed by atoms with Crippen molar-refractivity contribution in [2.45, 2.75) is 45.4 Å². The molecular formula is C29H34F2N4O3. The minimum absolute atomic E-state index is 0.0134. The average Bonchev–Trinajstić information content (AvgIpc) is 2.88. The summed E-state index contributed by atoms with van der Waals surface area (Å²) < 4.78 is 27.7. The second-order valence-corrected chi connectivity index (χ2v) is 8.96. The summed E-state index contributed by atoms with van der Waals surface area (Å²) in [6.45, 7) is 4.88. The lowest BCUT2D eigenvalue weighted by Gasteiger charge is -2.25. The molecular weight excluding hydrogens is 490 g/mol. The zero-order chi connectivity index (χ0) is 27.5. The number of aliphatic hydroxyl groups is 1. The van der Waals surface area contributed by atoms with Gasteiger partial charge in [0.05, 0.1) is 23.4 Å². The number of rotatable bonds is 12. The number of urea groups is 1. The Balaban J connectivity index is 1.76. The fourth-order valence-electron chi connectivity index (χ4n) is 4.10. The van der Waals surface area contributed by atoms with Crippen LogP contribution >= 0.6 is 0 Å². The summed E-state index contributed by atoms with van der Waals surface area (Å²) in [6.07, 6.45) is -0.186. The van der Waals surface area contributed by atoms with E-state index in [0.29, 0.717) is 13.1 Å². The summed E-state index contributed by atoms with van der Waals surface area (Å²) in [7, 11) is 0. The van der Waals surface area contributed by atoms with Crippen LogP contribution < -0.4 is 21.3 Å². The van der Waals surface area contributed by atoms with Crippen molar-refractivity contribution in [2.75, 3.05) is 18.4 Å². The number of hydrogen-bond acceptors (Lipinski definition) is 4. The van der Waals surface area contributed by atoms with Crippen molar-refractivity contribution < 1.29 is 23.5 Å². The Morgan fingerprint density at radius 2 is 1.61 bits per heavy atom. The van der Waals surface area contributed by atoms with E-state index in [-0.39, 0.29) is 29.8 Å². The van der Waals surface area contributed by atoms with E-state index >= 15 is 0 Å².